The van der Waals surface area contributed by atoms with E-state index in [0.29, 0.717) is 0 Å². The molecule has 0 aliphatic carbocycles. The van der Waals surface area contributed by atoms with Crippen LogP contribution in [0.2, 0.25) is 0 Å². The third-order valence-corrected chi connectivity index (χ3v) is 1.12. The minimum absolute atomic E-state index is 0.727. The fourth-order valence-corrected chi connectivity index (χ4v) is 0.510. The van der Waals surface area contributed by atoms with Gasteiger partial charge in [0.1, 0.15) is 0 Å². The van der Waals surface area contributed by atoms with Crippen LogP contribution in [-0.4, -0.2) is 25.0 Å². The maximum atomic E-state index is 9.43. The highest BCUT2D eigenvalue weighted by Crippen LogP contribution is 1.85. The summed E-state index contributed by atoms with van der Waals surface area (Å²) in [6, 6.07) is 0. The molecule has 0 bridgehead atoms. The molecule has 0 aliphatic rings. The third-order valence-electron chi connectivity index (χ3n) is 0.503. The summed E-state index contributed by atoms with van der Waals surface area (Å²) in [5.41, 5.74) is 0. The summed E-state index contributed by atoms with van der Waals surface area (Å²) in [6.45, 7) is 0.727. The van der Waals surface area contributed by atoms with Gasteiger partial charge in [0.25, 0.3) is 0 Å². The minimum atomic E-state index is 0.727. The molecular formula is C4H8NOS. The Labute approximate surface area is 47.7 Å². The molecule has 0 unspecified atom stereocenters. The standard InChI is InChI=1S/C4H8NOS/c1-7-3-2-5-4-6/h2-3H2,1H3,(H,5,6). The van der Waals surface area contributed by atoms with Crippen LogP contribution in [0.5, 0.6) is 0 Å². The van der Waals surface area contributed by atoms with Crippen molar-refractivity contribution in [1.82, 2.24) is 5.32 Å². The Kier molecular flexibility index (Phi) is 5.67. The first kappa shape index (κ1) is 6.82. The molecule has 3 heteroatoms. The van der Waals surface area contributed by atoms with Crippen molar-refractivity contribution < 1.29 is 4.79 Å². The number of hydrogen-bond acceptors (Lipinski definition) is 2. The van der Waals surface area contributed by atoms with Crippen molar-refractivity contribution in [3.05, 3.63) is 0 Å². The predicted molar refractivity (Wildman–Crippen MR) is 32.1 cm³/mol. The molecule has 7 heavy (non-hydrogen) atoms. The highest BCUT2D eigenvalue weighted by molar-refractivity contribution is 7.98. The number of nitrogens with one attached hydrogen (secondary N) is 1. The highest BCUT2D eigenvalue weighted by atomic mass is 32.2. The molecule has 0 heterocycles. The van der Waals surface area contributed by atoms with Gasteiger partial charge in [-0.1, -0.05) is 0 Å². The summed E-state index contributed by atoms with van der Waals surface area (Å²) in [5.74, 6) is 0.968. The molecule has 0 aromatic carbocycles. The second-order valence-electron chi connectivity index (χ2n) is 1.02. The first-order valence-corrected chi connectivity index (χ1v) is 3.40. The molecule has 0 aliphatic heterocycles. The third kappa shape index (κ3) is 5.82. The van der Waals surface area contributed by atoms with E-state index in [4.69, 9.17) is 0 Å². The average Bonchev–Trinajstić information content (AvgIpc) is 1.69. The molecule has 0 aromatic heterocycles. The zero-order valence-electron chi connectivity index (χ0n) is 4.23. The van der Waals surface area contributed by atoms with Gasteiger partial charge in [0.2, 0.25) is 0 Å². The number of hydrogen-bond donors (Lipinski definition) is 1. The molecule has 0 fully saturated rings. The van der Waals surface area contributed by atoms with Gasteiger partial charge in [-0.3, -0.25) is 4.79 Å². The van der Waals surface area contributed by atoms with Crippen LogP contribution in [0.25, 0.3) is 0 Å². The van der Waals surface area contributed by atoms with Gasteiger partial charge in [0.15, 0.2) is 0 Å². The Bertz CT molecular complexity index is 49.0. The van der Waals surface area contributed by atoms with Crippen LogP contribution >= 0.6 is 11.8 Å². The van der Waals surface area contributed by atoms with Gasteiger partial charge < -0.3 is 5.32 Å². The van der Waals surface area contributed by atoms with E-state index in [1.165, 1.54) is 0 Å². The predicted octanol–water partition coefficient (Wildman–Crippen LogP) is 0.00620. The Morgan fingerprint density at radius 3 is 3.00 bits per heavy atom. The van der Waals surface area contributed by atoms with Crippen molar-refractivity contribution in [2.75, 3.05) is 18.6 Å². The molecule has 1 amide bonds. The molecule has 1 radical (unpaired) electrons. The van der Waals surface area contributed by atoms with Crippen molar-refractivity contribution in [3.8, 4) is 0 Å². The SMILES string of the molecule is CSCCN[C]=O. The lowest BCUT2D eigenvalue weighted by Crippen LogP contribution is -2.13. The van der Waals surface area contributed by atoms with Crippen LogP contribution in [0.3, 0.4) is 0 Å². The topological polar surface area (TPSA) is 29.1 Å². The lowest BCUT2D eigenvalue weighted by atomic mass is 10.8. The Morgan fingerprint density at radius 1 is 1.86 bits per heavy atom. The number of amides is 1. The number of thioether (sulfide) groups is 1. The van der Waals surface area contributed by atoms with Gasteiger partial charge in [-0.25, -0.2) is 0 Å². The summed E-state index contributed by atoms with van der Waals surface area (Å²) in [5, 5.41) is 2.42. The van der Waals surface area contributed by atoms with Crippen LogP contribution < -0.4 is 5.32 Å². The summed E-state index contributed by atoms with van der Waals surface area (Å²) >= 11 is 1.70. The summed E-state index contributed by atoms with van der Waals surface area (Å²) in [4.78, 5) is 9.43. The molecule has 0 spiro atoms. The maximum absolute atomic E-state index is 9.43. The van der Waals surface area contributed by atoms with Crippen molar-refractivity contribution in [3.63, 3.8) is 0 Å². The van der Waals surface area contributed by atoms with Crippen LogP contribution in [0.15, 0.2) is 0 Å². The number of carbonyl (C=O) groups excluding carboxylic acids is 1. The fourth-order valence-electron chi connectivity index (χ4n) is 0.204. The highest BCUT2D eigenvalue weighted by Gasteiger charge is 1.77. The zero-order chi connectivity index (χ0) is 5.54. The lowest BCUT2D eigenvalue weighted by Gasteiger charge is -1.89. The maximum Gasteiger partial charge on any atom is 0.309 e. The molecule has 0 saturated heterocycles. The smallest absolute Gasteiger partial charge is 0.309 e. The molecule has 0 rings (SSSR count). The summed E-state index contributed by atoms with van der Waals surface area (Å²) < 4.78 is 0. The molecule has 0 saturated carbocycles. The quantitative estimate of drug-likeness (QED) is 0.416. The van der Waals surface area contributed by atoms with E-state index in [1.54, 1.807) is 18.2 Å². The van der Waals surface area contributed by atoms with E-state index in [9.17, 15) is 4.79 Å². The summed E-state index contributed by atoms with van der Waals surface area (Å²) in [6.07, 6.45) is 3.58. The normalized spacial score (nSPS) is 8.14. The van der Waals surface area contributed by atoms with Gasteiger partial charge in [-0.15, -0.1) is 0 Å². The van der Waals surface area contributed by atoms with Gasteiger partial charge in [-0.2, -0.15) is 11.8 Å². The van der Waals surface area contributed by atoms with E-state index >= 15 is 0 Å². The van der Waals surface area contributed by atoms with Crippen LogP contribution in [0, 0.1) is 0 Å². The molecule has 41 valence electrons. The van der Waals surface area contributed by atoms with Gasteiger partial charge in [-0.05, 0) is 6.26 Å². The van der Waals surface area contributed by atoms with Gasteiger partial charge in [0, 0.05) is 12.3 Å². The van der Waals surface area contributed by atoms with E-state index in [0.717, 1.165) is 12.3 Å². The second-order valence-corrected chi connectivity index (χ2v) is 2.01. The minimum Gasteiger partial charge on any atom is -0.347 e. The monoisotopic (exact) mass is 118 g/mol. The Hall–Kier alpha value is -0.180. The fraction of sp³-hybridized carbons (Fsp3) is 0.750. The largest absolute Gasteiger partial charge is 0.347 e. The van der Waals surface area contributed by atoms with E-state index < -0.39 is 0 Å². The molecular weight excluding hydrogens is 110 g/mol. The van der Waals surface area contributed by atoms with E-state index in [1.807, 2.05) is 6.26 Å². The molecule has 1 N–H and O–H groups in total. The first-order valence-electron chi connectivity index (χ1n) is 2.00. The second kappa shape index (κ2) is 5.82. The van der Waals surface area contributed by atoms with Crippen molar-refractivity contribution >= 4 is 18.2 Å². The first-order chi connectivity index (χ1) is 3.41. The Balaban J connectivity index is 2.56. The van der Waals surface area contributed by atoms with Crippen LogP contribution in [0.1, 0.15) is 0 Å². The zero-order valence-corrected chi connectivity index (χ0v) is 5.05. The molecule has 0 atom stereocenters. The van der Waals surface area contributed by atoms with Crippen LogP contribution in [-0.2, 0) is 4.79 Å². The summed E-state index contributed by atoms with van der Waals surface area (Å²) in [7, 11) is 0. The van der Waals surface area contributed by atoms with Crippen molar-refractivity contribution in [2.24, 2.45) is 0 Å². The lowest BCUT2D eigenvalue weighted by molar-refractivity contribution is 0.544. The number of rotatable bonds is 4. The molecule has 0 aromatic rings. The van der Waals surface area contributed by atoms with Gasteiger partial charge in [0.05, 0.1) is 0 Å². The van der Waals surface area contributed by atoms with E-state index in [2.05, 4.69) is 5.32 Å². The van der Waals surface area contributed by atoms with Crippen LogP contribution in [0.4, 0.5) is 0 Å². The van der Waals surface area contributed by atoms with Crippen molar-refractivity contribution in [1.29, 1.82) is 0 Å². The van der Waals surface area contributed by atoms with Crippen molar-refractivity contribution in [2.45, 2.75) is 0 Å². The van der Waals surface area contributed by atoms with Gasteiger partial charge >= 0.3 is 6.41 Å². The van der Waals surface area contributed by atoms with E-state index in [-0.39, 0.29) is 0 Å². The molecule has 2 nitrogen and oxygen atoms in total. The Morgan fingerprint density at radius 2 is 2.57 bits per heavy atom. The average molecular weight is 118 g/mol.